The molecule has 0 radical (unpaired) electrons. The minimum absolute atomic E-state index is 0.0892. The van der Waals surface area contributed by atoms with E-state index in [1.54, 1.807) is 7.11 Å². The first-order valence-electron chi connectivity index (χ1n) is 6.21. The van der Waals surface area contributed by atoms with E-state index in [4.69, 9.17) is 14.6 Å². The molecule has 6 nitrogen and oxygen atoms in total. The summed E-state index contributed by atoms with van der Waals surface area (Å²) >= 11 is 0. The van der Waals surface area contributed by atoms with Crippen LogP contribution < -0.4 is 0 Å². The van der Waals surface area contributed by atoms with Gasteiger partial charge in [0.2, 0.25) is 0 Å². The minimum Gasteiger partial charge on any atom is -0.480 e. The smallest absolute Gasteiger partial charge is 0.317 e. The summed E-state index contributed by atoms with van der Waals surface area (Å²) in [6, 6.07) is 0. The van der Waals surface area contributed by atoms with Gasteiger partial charge in [-0.25, -0.2) is 0 Å². The molecule has 108 valence electrons. The third kappa shape index (κ3) is 11.8. The number of hydrogen-bond acceptors (Lipinski definition) is 5. The van der Waals surface area contributed by atoms with Gasteiger partial charge in [0, 0.05) is 33.4 Å². The van der Waals surface area contributed by atoms with Gasteiger partial charge in [0.05, 0.1) is 19.8 Å². The van der Waals surface area contributed by atoms with Crippen molar-refractivity contribution < 1.29 is 19.4 Å². The maximum atomic E-state index is 10.7. The molecule has 1 N–H and O–H groups in total. The second-order valence-corrected chi connectivity index (χ2v) is 4.43. The molecule has 0 atom stereocenters. The topological polar surface area (TPSA) is 62.2 Å². The second-order valence-electron chi connectivity index (χ2n) is 4.43. The Morgan fingerprint density at radius 3 is 2.39 bits per heavy atom. The Morgan fingerprint density at radius 1 is 1.11 bits per heavy atom. The third-order valence-electron chi connectivity index (χ3n) is 2.42. The van der Waals surface area contributed by atoms with E-state index in [2.05, 4.69) is 0 Å². The number of likely N-dealkylation sites (N-methyl/N-ethyl adjacent to an activating group) is 1. The number of nitrogens with zero attached hydrogens (tertiary/aromatic N) is 2. The van der Waals surface area contributed by atoms with Gasteiger partial charge in [0.15, 0.2) is 0 Å². The van der Waals surface area contributed by atoms with Crippen molar-refractivity contribution in [1.29, 1.82) is 0 Å². The first-order chi connectivity index (χ1) is 8.56. The van der Waals surface area contributed by atoms with E-state index in [0.717, 1.165) is 26.1 Å². The zero-order valence-electron chi connectivity index (χ0n) is 11.7. The highest BCUT2D eigenvalue weighted by Crippen LogP contribution is 1.94. The molecule has 0 bridgehead atoms. The molecule has 0 aliphatic carbocycles. The predicted octanol–water partition coefficient (Wildman–Crippen LogP) is -0.0123. The lowest BCUT2D eigenvalue weighted by atomic mass is 10.3. The number of carboxylic acids is 1. The van der Waals surface area contributed by atoms with E-state index < -0.39 is 5.97 Å². The lowest BCUT2D eigenvalue weighted by molar-refractivity contribution is -0.138. The van der Waals surface area contributed by atoms with Crippen molar-refractivity contribution in [2.75, 3.05) is 67.2 Å². The van der Waals surface area contributed by atoms with Crippen molar-refractivity contribution in [2.24, 2.45) is 0 Å². The second kappa shape index (κ2) is 11.4. The zero-order valence-corrected chi connectivity index (χ0v) is 11.7. The highest BCUT2D eigenvalue weighted by Gasteiger charge is 2.09. The van der Waals surface area contributed by atoms with Crippen LogP contribution >= 0.6 is 0 Å². The van der Waals surface area contributed by atoms with E-state index in [-0.39, 0.29) is 6.54 Å². The molecule has 18 heavy (non-hydrogen) atoms. The molecule has 0 saturated heterocycles. The first-order valence-corrected chi connectivity index (χ1v) is 6.21. The van der Waals surface area contributed by atoms with Crippen molar-refractivity contribution in [2.45, 2.75) is 6.42 Å². The van der Waals surface area contributed by atoms with E-state index >= 15 is 0 Å². The Labute approximate surface area is 109 Å². The average Bonchev–Trinajstić information content (AvgIpc) is 2.29. The molecular formula is C12H26N2O4. The molecule has 0 spiro atoms. The summed E-state index contributed by atoms with van der Waals surface area (Å²) in [4.78, 5) is 14.7. The van der Waals surface area contributed by atoms with Crippen LogP contribution in [-0.4, -0.2) is 88.1 Å². The minimum atomic E-state index is -0.783. The van der Waals surface area contributed by atoms with E-state index in [1.807, 2.05) is 23.9 Å². The predicted molar refractivity (Wildman–Crippen MR) is 69.9 cm³/mol. The Bertz CT molecular complexity index is 212. The van der Waals surface area contributed by atoms with Crippen molar-refractivity contribution in [1.82, 2.24) is 9.80 Å². The van der Waals surface area contributed by atoms with Crippen LogP contribution in [0.2, 0.25) is 0 Å². The van der Waals surface area contributed by atoms with Crippen molar-refractivity contribution in [3.63, 3.8) is 0 Å². The average molecular weight is 262 g/mol. The number of rotatable bonds is 12. The molecule has 0 heterocycles. The molecule has 6 heteroatoms. The van der Waals surface area contributed by atoms with E-state index in [9.17, 15) is 4.79 Å². The fourth-order valence-electron chi connectivity index (χ4n) is 1.44. The summed E-state index contributed by atoms with van der Waals surface area (Å²) in [5.41, 5.74) is 0. The number of ether oxygens (including phenoxy) is 2. The number of carboxylic acid groups (broad SMARTS) is 1. The summed E-state index contributed by atoms with van der Waals surface area (Å²) in [5, 5.41) is 8.82. The highest BCUT2D eigenvalue weighted by atomic mass is 16.5. The fraction of sp³-hybridized carbons (Fsp3) is 0.917. The maximum absolute atomic E-state index is 10.7. The Morgan fingerprint density at radius 2 is 1.83 bits per heavy atom. The van der Waals surface area contributed by atoms with Gasteiger partial charge in [-0.1, -0.05) is 0 Å². The van der Waals surface area contributed by atoms with Crippen LogP contribution in [0, 0.1) is 0 Å². The maximum Gasteiger partial charge on any atom is 0.317 e. The van der Waals surface area contributed by atoms with Crippen molar-refractivity contribution >= 4 is 5.97 Å². The quantitative estimate of drug-likeness (QED) is 0.499. The normalized spacial score (nSPS) is 11.4. The molecule has 0 aromatic rings. The van der Waals surface area contributed by atoms with Crippen LogP contribution in [0.4, 0.5) is 0 Å². The van der Waals surface area contributed by atoms with Crippen LogP contribution in [0.5, 0.6) is 0 Å². The summed E-state index contributed by atoms with van der Waals surface area (Å²) in [6.45, 7) is 4.28. The molecular weight excluding hydrogens is 236 g/mol. The van der Waals surface area contributed by atoms with Gasteiger partial charge in [-0.05, 0) is 20.5 Å². The number of hydrogen-bond donors (Lipinski definition) is 1. The summed E-state index contributed by atoms with van der Waals surface area (Å²) in [7, 11) is 5.60. The largest absolute Gasteiger partial charge is 0.480 e. The lowest BCUT2D eigenvalue weighted by Crippen LogP contribution is -2.36. The fourth-order valence-corrected chi connectivity index (χ4v) is 1.44. The van der Waals surface area contributed by atoms with Crippen LogP contribution in [0.1, 0.15) is 6.42 Å². The monoisotopic (exact) mass is 262 g/mol. The SMILES string of the molecule is COCCOCCCN(CCN(C)C)CC(=O)O. The van der Waals surface area contributed by atoms with Crippen LogP contribution in [-0.2, 0) is 14.3 Å². The third-order valence-corrected chi connectivity index (χ3v) is 2.42. The molecule has 0 unspecified atom stereocenters. The standard InChI is InChI=1S/C12H26N2O4/c1-13(2)6-7-14(11-12(15)16)5-4-8-18-10-9-17-3/h4-11H2,1-3H3,(H,15,16). The summed E-state index contributed by atoms with van der Waals surface area (Å²) in [6.07, 6.45) is 0.838. The van der Waals surface area contributed by atoms with Gasteiger partial charge in [-0.3, -0.25) is 9.69 Å². The number of carbonyl (C=O) groups is 1. The van der Waals surface area contributed by atoms with Crippen LogP contribution in [0.15, 0.2) is 0 Å². The van der Waals surface area contributed by atoms with E-state index in [1.165, 1.54) is 0 Å². The van der Waals surface area contributed by atoms with Crippen molar-refractivity contribution in [3.8, 4) is 0 Å². The summed E-state index contributed by atoms with van der Waals surface area (Å²) < 4.78 is 10.2. The van der Waals surface area contributed by atoms with Gasteiger partial charge in [0.25, 0.3) is 0 Å². The Balaban J connectivity index is 3.68. The van der Waals surface area contributed by atoms with Crippen LogP contribution in [0.3, 0.4) is 0 Å². The number of aliphatic carboxylic acids is 1. The lowest BCUT2D eigenvalue weighted by Gasteiger charge is -2.22. The Kier molecular flexibility index (Phi) is 11.0. The van der Waals surface area contributed by atoms with Gasteiger partial charge < -0.3 is 19.5 Å². The molecule has 0 fully saturated rings. The molecule has 0 saturated carbocycles. The molecule has 0 aliphatic rings. The van der Waals surface area contributed by atoms with Gasteiger partial charge >= 0.3 is 5.97 Å². The Hall–Kier alpha value is -0.690. The number of methoxy groups -OCH3 is 1. The molecule has 0 aromatic heterocycles. The van der Waals surface area contributed by atoms with E-state index in [0.29, 0.717) is 19.8 Å². The molecule has 0 rings (SSSR count). The van der Waals surface area contributed by atoms with Crippen molar-refractivity contribution in [3.05, 3.63) is 0 Å². The van der Waals surface area contributed by atoms with Crippen LogP contribution in [0.25, 0.3) is 0 Å². The molecule has 0 amide bonds. The molecule has 0 aromatic carbocycles. The van der Waals surface area contributed by atoms with Gasteiger partial charge in [0.1, 0.15) is 0 Å². The first kappa shape index (κ1) is 17.3. The van der Waals surface area contributed by atoms with Gasteiger partial charge in [-0.15, -0.1) is 0 Å². The zero-order chi connectivity index (χ0) is 13.8. The summed E-state index contributed by atoms with van der Waals surface area (Å²) in [5.74, 6) is -0.783. The molecule has 0 aliphatic heterocycles. The van der Waals surface area contributed by atoms with Gasteiger partial charge in [-0.2, -0.15) is 0 Å². The highest BCUT2D eigenvalue weighted by molar-refractivity contribution is 5.69.